The lowest BCUT2D eigenvalue weighted by atomic mass is 9.93. The zero-order valence-electron chi connectivity index (χ0n) is 8.37. The molecule has 0 amide bonds. The first-order valence-electron chi connectivity index (χ1n) is 4.54. The molecule has 1 saturated heterocycles. The zero-order valence-corrected chi connectivity index (χ0v) is 9.95. The van der Waals surface area contributed by atoms with Crippen molar-refractivity contribution < 1.29 is 18.7 Å². The topological polar surface area (TPSA) is 35.5 Å². The lowest BCUT2D eigenvalue weighted by Crippen LogP contribution is -2.50. The molecule has 0 aromatic rings. The molecule has 14 heavy (non-hydrogen) atoms. The minimum Gasteiger partial charge on any atom is -0.459 e. The number of halogens is 2. The Bertz CT molecular complexity index is 210. The van der Waals surface area contributed by atoms with Gasteiger partial charge in [-0.2, -0.15) is 0 Å². The third-order valence-electron chi connectivity index (χ3n) is 2.47. The summed E-state index contributed by atoms with van der Waals surface area (Å²) < 4.78 is 23.8. The fourth-order valence-electron chi connectivity index (χ4n) is 1.47. The van der Waals surface area contributed by atoms with Crippen LogP contribution in [0.4, 0.5) is 4.39 Å². The van der Waals surface area contributed by atoms with Crippen molar-refractivity contribution in [1.29, 1.82) is 0 Å². The average molecular weight is 269 g/mol. The van der Waals surface area contributed by atoms with Crippen LogP contribution in [0.2, 0.25) is 0 Å². The van der Waals surface area contributed by atoms with E-state index >= 15 is 0 Å². The lowest BCUT2D eigenvalue weighted by molar-refractivity contribution is -0.176. The van der Waals surface area contributed by atoms with Crippen molar-refractivity contribution >= 4 is 21.9 Å². The third kappa shape index (κ3) is 2.45. The van der Waals surface area contributed by atoms with Gasteiger partial charge in [0, 0.05) is 12.8 Å². The van der Waals surface area contributed by atoms with Crippen LogP contribution < -0.4 is 0 Å². The van der Waals surface area contributed by atoms with Crippen LogP contribution in [-0.2, 0) is 14.3 Å². The molecule has 0 N–H and O–H groups in total. The second-order valence-electron chi connectivity index (χ2n) is 3.57. The number of hydrogen-bond acceptors (Lipinski definition) is 3. The summed E-state index contributed by atoms with van der Waals surface area (Å²) in [5.74, 6) is -0.596. The summed E-state index contributed by atoms with van der Waals surface area (Å²) in [5.41, 5.74) is 0. The Labute approximate surface area is 91.1 Å². The van der Waals surface area contributed by atoms with Gasteiger partial charge in [0.2, 0.25) is 0 Å². The van der Waals surface area contributed by atoms with Crippen molar-refractivity contribution in [3.05, 3.63) is 0 Å². The SMILES string of the molecule is CC(=O)O[C@@H]1[C@H](C)[C@H](C)O[C@@H](Br)[C@H]1F. The minimum atomic E-state index is -1.31. The Hall–Kier alpha value is -0.160. The quantitative estimate of drug-likeness (QED) is 0.539. The van der Waals surface area contributed by atoms with Gasteiger partial charge >= 0.3 is 5.97 Å². The molecule has 0 radical (unpaired) electrons. The number of carbonyl (C=O) groups is 1. The van der Waals surface area contributed by atoms with Crippen molar-refractivity contribution in [1.82, 2.24) is 0 Å². The van der Waals surface area contributed by atoms with E-state index in [9.17, 15) is 9.18 Å². The van der Waals surface area contributed by atoms with Gasteiger partial charge in [-0.05, 0) is 6.92 Å². The molecule has 1 heterocycles. The maximum atomic E-state index is 13.6. The minimum absolute atomic E-state index is 0.129. The van der Waals surface area contributed by atoms with E-state index in [1.54, 1.807) is 0 Å². The molecule has 1 fully saturated rings. The van der Waals surface area contributed by atoms with E-state index in [-0.39, 0.29) is 12.0 Å². The van der Waals surface area contributed by atoms with Gasteiger partial charge in [-0.15, -0.1) is 0 Å². The summed E-state index contributed by atoms with van der Waals surface area (Å²) in [6.45, 7) is 4.92. The van der Waals surface area contributed by atoms with Crippen LogP contribution in [0.25, 0.3) is 0 Å². The lowest BCUT2D eigenvalue weighted by Gasteiger charge is -2.38. The molecule has 0 aliphatic carbocycles. The van der Waals surface area contributed by atoms with Crippen LogP contribution in [0.1, 0.15) is 20.8 Å². The first-order chi connectivity index (χ1) is 6.43. The van der Waals surface area contributed by atoms with Crippen LogP contribution in [0.3, 0.4) is 0 Å². The molecule has 5 atom stereocenters. The highest BCUT2D eigenvalue weighted by molar-refractivity contribution is 9.09. The summed E-state index contributed by atoms with van der Waals surface area (Å²) in [6, 6.07) is 0. The van der Waals surface area contributed by atoms with E-state index in [2.05, 4.69) is 15.9 Å². The van der Waals surface area contributed by atoms with Crippen LogP contribution in [0, 0.1) is 5.92 Å². The predicted molar refractivity (Wildman–Crippen MR) is 52.9 cm³/mol. The van der Waals surface area contributed by atoms with Crippen molar-refractivity contribution in [2.24, 2.45) is 5.92 Å². The molecule has 1 aliphatic rings. The highest BCUT2D eigenvalue weighted by atomic mass is 79.9. The van der Waals surface area contributed by atoms with E-state index in [1.165, 1.54) is 6.92 Å². The third-order valence-corrected chi connectivity index (χ3v) is 3.19. The van der Waals surface area contributed by atoms with E-state index in [1.807, 2.05) is 13.8 Å². The summed E-state index contributed by atoms with van der Waals surface area (Å²) in [6.07, 6.45) is -2.17. The van der Waals surface area contributed by atoms with E-state index in [4.69, 9.17) is 9.47 Å². The number of rotatable bonds is 1. The Balaban J connectivity index is 2.71. The maximum Gasteiger partial charge on any atom is 0.303 e. The van der Waals surface area contributed by atoms with Crippen LogP contribution >= 0.6 is 15.9 Å². The zero-order chi connectivity index (χ0) is 10.9. The molecule has 0 unspecified atom stereocenters. The molecule has 1 rings (SSSR count). The van der Waals surface area contributed by atoms with Crippen molar-refractivity contribution in [2.75, 3.05) is 0 Å². The first-order valence-corrected chi connectivity index (χ1v) is 5.46. The number of hydrogen-bond donors (Lipinski definition) is 0. The van der Waals surface area contributed by atoms with Gasteiger partial charge in [-0.1, -0.05) is 22.9 Å². The first kappa shape index (κ1) is 11.9. The Morgan fingerprint density at radius 3 is 2.57 bits per heavy atom. The normalized spacial score (nSPS) is 43.4. The molecular formula is C9H14BrFO3. The second kappa shape index (κ2) is 4.57. The van der Waals surface area contributed by atoms with Gasteiger partial charge in [-0.3, -0.25) is 4.79 Å². The predicted octanol–water partition coefficient (Wildman–Crippen LogP) is 2.03. The highest BCUT2D eigenvalue weighted by Gasteiger charge is 2.43. The molecule has 82 valence electrons. The molecule has 0 saturated carbocycles. The molecule has 0 aromatic heterocycles. The van der Waals surface area contributed by atoms with Crippen LogP contribution in [-0.4, -0.2) is 29.4 Å². The second-order valence-corrected chi connectivity index (χ2v) is 4.47. The van der Waals surface area contributed by atoms with Crippen LogP contribution in [0.5, 0.6) is 0 Å². The fraction of sp³-hybridized carbons (Fsp3) is 0.889. The Morgan fingerprint density at radius 1 is 1.50 bits per heavy atom. The molecule has 0 aromatic carbocycles. The molecule has 3 nitrogen and oxygen atoms in total. The molecule has 1 aliphatic heterocycles. The van der Waals surface area contributed by atoms with Gasteiger partial charge < -0.3 is 9.47 Å². The van der Waals surface area contributed by atoms with Crippen molar-refractivity contribution in [2.45, 2.75) is 44.2 Å². The smallest absolute Gasteiger partial charge is 0.303 e. The largest absolute Gasteiger partial charge is 0.459 e. The number of carbonyl (C=O) groups excluding carboxylic acids is 1. The maximum absolute atomic E-state index is 13.6. The number of esters is 1. The number of ether oxygens (including phenoxy) is 2. The van der Waals surface area contributed by atoms with Crippen molar-refractivity contribution in [3.63, 3.8) is 0 Å². The Kier molecular flexibility index (Phi) is 3.89. The number of alkyl halides is 2. The standard InChI is InChI=1S/C9H14BrFO3/c1-4-5(2)13-9(10)7(11)8(4)14-6(3)12/h4-5,7-9H,1-3H3/t4-,5+,7+,8-,9-/m1/s1. The summed E-state index contributed by atoms with van der Waals surface area (Å²) in [7, 11) is 0. The van der Waals surface area contributed by atoms with E-state index in [0.29, 0.717) is 0 Å². The van der Waals surface area contributed by atoms with Crippen LogP contribution in [0.15, 0.2) is 0 Å². The van der Waals surface area contributed by atoms with Gasteiger partial charge in [0.05, 0.1) is 6.10 Å². The van der Waals surface area contributed by atoms with E-state index in [0.717, 1.165) is 0 Å². The molecule has 5 heteroatoms. The van der Waals surface area contributed by atoms with Gasteiger partial charge in [-0.25, -0.2) is 4.39 Å². The monoisotopic (exact) mass is 268 g/mol. The molecule has 0 bridgehead atoms. The van der Waals surface area contributed by atoms with Gasteiger partial charge in [0.1, 0.15) is 11.1 Å². The molecule has 0 spiro atoms. The van der Waals surface area contributed by atoms with Crippen molar-refractivity contribution in [3.8, 4) is 0 Å². The average Bonchev–Trinajstić information content (AvgIpc) is 2.09. The molecular weight excluding hydrogens is 255 g/mol. The summed E-state index contributed by atoms with van der Waals surface area (Å²) >= 11 is 3.06. The van der Waals surface area contributed by atoms with Gasteiger partial charge in [0.25, 0.3) is 0 Å². The fourth-order valence-corrected chi connectivity index (χ4v) is 2.12. The summed E-state index contributed by atoms with van der Waals surface area (Å²) in [5, 5.41) is -0.696. The van der Waals surface area contributed by atoms with E-state index < -0.39 is 23.3 Å². The highest BCUT2D eigenvalue weighted by Crippen LogP contribution is 2.32. The van der Waals surface area contributed by atoms with Gasteiger partial charge in [0.15, 0.2) is 6.17 Å². The summed E-state index contributed by atoms with van der Waals surface area (Å²) in [4.78, 5) is 10.8. The Morgan fingerprint density at radius 2 is 2.07 bits per heavy atom.